The predicted octanol–water partition coefficient (Wildman–Crippen LogP) is 3.78. The Hall–Kier alpha value is -2.04. The standard InChI is InChI=1S/C19H20Cl2N2O2/c1-13-3-2-4-14(11-13)5-8-18(24)22-9-10-23-19(25)15-6-7-16(20)17(21)12-15/h2-4,6-7,11-12H,5,8-10H2,1H3,(H,22,24)(H,23,25). The van der Waals surface area contributed by atoms with Gasteiger partial charge in [0.05, 0.1) is 10.0 Å². The number of benzene rings is 2. The Labute approximate surface area is 157 Å². The molecule has 6 heteroatoms. The van der Waals surface area contributed by atoms with Crippen LogP contribution in [-0.2, 0) is 11.2 Å². The lowest BCUT2D eigenvalue weighted by atomic mass is 10.1. The fourth-order valence-electron chi connectivity index (χ4n) is 2.33. The van der Waals surface area contributed by atoms with E-state index in [-0.39, 0.29) is 11.8 Å². The third kappa shape index (κ3) is 6.40. The molecule has 0 unspecified atom stereocenters. The molecular weight excluding hydrogens is 359 g/mol. The van der Waals surface area contributed by atoms with Gasteiger partial charge in [-0.2, -0.15) is 0 Å². The van der Waals surface area contributed by atoms with E-state index in [0.29, 0.717) is 41.5 Å². The second-order valence-corrected chi connectivity index (χ2v) is 6.54. The monoisotopic (exact) mass is 378 g/mol. The van der Waals surface area contributed by atoms with E-state index in [1.807, 2.05) is 25.1 Å². The van der Waals surface area contributed by atoms with Crippen molar-refractivity contribution in [2.75, 3.05) is 13.1 Å². The minimum atomic E-state index is -0.257. The quantitative estimate of drug-likeness (QED) is 0.720. The zero-order valence-electron chi connectivity index (χ0n) is 13.9. The topological polar surface area (TPSA) is 58.2 Å². The second-order valence-electron chi connectivity index (χ2n) is 5.72. The van der Waals surface area contributed by atoms with E-state index in [1.54, 1.807) is 12.1 Å². The summed E-state index contributed by atoms with van der Waals surface area (Å²) in [6.45, 7) is 2.75. The van der Waals surface area contributed by atoms with E-state index in [4.69, 9.17) is 23.2 Å². The van der Waals surface area contributed by atoms with Crippen LogP contribution < -0.4 is 10.6 Å². The third-order valence-corrected chi connectivity index (χ3v) is 4.38. The van der Waals surface area contributed by atoms with Gasteiger partial charge in [0.15, 0.2) is 0 Å². The van der Waals surface area contributed by atoms with E-state index in [2.05, 4.69) is 16.7 Å². The fourth-order valence-corrected chi connectivity index (χ4v) is 2.63. The third-order valence-electron chi connectivity index (χ3n) is 3.64. The highest BCUT2D eigenvalue weighted by atomic mass is 35.5. The maximum absolute atomic E-state index is 12.0. The first-order valence-electron chi connectivity index (χ1n) is 8.01. The highest BCUT2D eigenvalue weighted by Gasteiger charge is 2.08. The average molecular weight is 379 g/mol. The lowest BCUT2D eigenvalue weighted by molar-refractivity contribution is -0.121. The smallest absolute Gasteiger partial charge is 0.251 e. The maximum atomic E-state index is 12.0. The molecule has 2 rings (SSSR count). The second kappa shape index (κ2) is 9.44. The Bertz CT molecular complexity index is 763. The van der Waals surface area contributed by atoms with Crippen molar-refractivity contribution in [3.05, 3.63) is 69.2 Å². The van der Waals surface area contributed by atoms with Crippen molar-refractivity contribution in [2.24, 2.45) is 0 Å². The van der Waals surface area contributed by atoms with Gasteiger partial charge in [-0.3, -0.25) is 9.59 Å². The zero-order chi connectivity index (χ0) is 18.2. The maximum Gasteiger partial charge on any atom is 0.251 e. The lowest BCUT2D eigenvalue weighted by Crippen LogP contribution is -2.34. The molecule has 0 radical (unpaired) electrons. The molecule has 0 spiro atoms. The van der Waals surface area contributed by atoms with Gasteiger partial charge in [-0.25, -0.2) is 0 Å². The summed E-state index contributed by atoms with van der Waals surface area (Å²) in [6.07, 6.45) is 1.12. The molecule has 0 aliphatic heterocycles. The molecule has 25 heavy (non-hydrogen) atoms. The summed E-state index contributed by atoms with van der Waals surface area (Å²) in [6, 6.07) is 12.8. The molecule has 132 valence electrons. The number of aryl methyl sites for hydroxylation is 2. The van der Waals surface area contributed by atoms with Crippen LogP contribution in [-0.4, -0.2) is 24.9 Å². The molecule has 0 aliphatic carbocycles. The molecule has 0 aromatic heterocycles. The minimum Gasteiger partial charge on any atom is -0.354 e. The summed E-state index contributed by atoms with van der Waals surface area (Å²) in [5.74, 6) is -0.294. The van der Waals surface area contributed by atoms with Gasteiger partial charge < -0.3 is 10.6 Å². The van der Waals surface area contributed by atoms with Crippen LogP contribution in [0.15, 0.2) is 42.5 Å². The summed E-state index contributed by atoms with van der Waals surface area (Å²) in [5.41, 5.74) is 2.76. The normalized spacial score (nSPS) is 10.4. The summed E-state index contributed by atoms with van der Waals surface area (Å²) in [7, 11) is 0. The van der Waals surface area contributed by atoms with Crippen LogP contribution in [0.4, 0.5) is 0 Å². The van der Waals surface area contributed by atoms with Gasteiger partial charge in [0, 0.05) is 25.1 Å². The first kappa shape index (κ1) is 19.3. The zero-order valence-corrected chi connectivity index (χ0v) is 15.5. The number of amides is 2. The number of hydrogen-bond acceptors (Lipinski definition) is 2. The summed E-state index contributed by atoms with van der Waals surface area (Å²) in [5, 5.41) is 6.26. The molecule has 2 amide bonds. The first-order chi connectivity index (χ1) is 12.0. The van der Waals surface area contributed by atoms with Crippen molar-refractivity contribution in [2.45, 2.75) is 19.8 Å². The minimum absolute atomic E-state index is 0.0368. The molecule has 2 aromatic rings. The Morgan fingerprint density at radius 1 is 0.960 bits per heavy atom. The number of halogens is 2. The largest absolute Gasteiger partial charge is 0.354 e. The molecule has 0 atom stereocenters. The predicted molar refractivity (Wildman–Crippen MR) is 101 cm³/mol. The molecule has 0 heterocycles. The molecule has 2 aromatic carbocycles. The molecule has 0 saturated heterocycles. The van der Waals surface area contributed by atoms with Crippen molar-refractivity contribution in [3.63, 3.8) is 0 Å². The van der Waals surface area contributed by atoms with Crippen LogP contribution in [0.5, 0.6) is 0 Å². The number of carbonyl (C=O) groups is 2. The van der Waals surface area contributed by atoms with Crippen molar-refractivity contribution in [3.8, 4) is 0 Å². The van der Waals surface area contributed by atoms with Gasteiger partial charge in [0.1, 0.15) is 0 Å². The molecule has 2 N–H and O–H groups in total. The summed E-state index contributed by atoms with van der Waals surface area (Å²) >= 11 is 11.7. The van der Waals surface area contributed by atoms with Gasteiger partial charge in [-0.05, 0) is 37.1 Å². The van der Waals surface area contributed by atoms with Crippen LogP contribution >= 0.6 is 23.2 Å². The average Bonchev–Trinajstić information content (AvgIpc) is 2.59. The van der Waals surface area contributed by atoms with Crippen LogP contribution in [0.3, 0.4) is 0 Å². The molecule has 0 aliphatic rings. The molecule has 0 bridgehead atoms. The highest BCUT2D eigenvalue weighted by Crippen LogP contribution is 2.22. The van der Waals surface area contributed by atoms with Gasteiger partial charge >= 0.3 is 0 Å². The Kier molecular flexibility index (Phi) is 7.29. The molecule has 4 nitrogen and oxygen atoms in total. The molecule has 0 fully saturated rings. The van der Waals surface area contributed by atoms with Crippen LogP contribution in [0.1, 0.15) is 27.9 Å². The van der Waals surface area contributed by atoms with Crippen molar-refractivity contribution in [1.82, 2.24) is 10.6 Å². The summed E-state index contributed by atoms with van der Waals surface area (Å²) < 4.78 is 0. The summed E-state index contributed by atoms with van der Waals surface area (Å²) in [4.78, 5) is 23.8. The number of nitrogens with one attached hydrogen (secondary N) is 2. The lowest BCUT2D eigenvalue weighted by Gasteiger charge is -2.08. The number of carbonyl (C=O) groups excluding carboxylic acids is 2. The van der Waals surface area contributed by atoms with Gasteiger partial charge in [0.2, 0.25) is 5.91 Å². The van der Waals surface area contributed by atoms with Crippen molar-refractivity contribution < 1.29 is 9.59 Å². The Morgan fingerprint density at radius 3 is 2.44 bits per heavy atom. The van der Waals surface area contributed by atoms with Gasteiger partial charge in [-0.1, -0.05) is 53.0 Å². The Morgan fingerprint density at radius 2 is 1.72 bits per heavy atom. The van der Waals surface area contributed by atoms with E-state index in [9.17, 15) is 9.59 Å². The van der Waals surface area contributed by atoms with Gasteiger partial charge in [-0.15, -0.1) is 0 Å². The van der Waals surface area contributed by atoms with Crippen molar-refractivity contribution >= 4 is 35.0 Å². The molecular formula is C19H20Cl2N2O2. The Balaban J connectivity index is 1.67. The van der Waals surface area contributed by atoms with E-state index in [1.165, 1.54) is 11.6 Å². The first-order valence-corrected chi connectivity index (χ1v) is 8.77. The van der Waals surface area contributed by atoms with E-state index in [0.717, 1.165) is 5.56 Å². The van der Waals surface area contributed by atoms with Crippen molar-refractivity contribution in [1.29, 1.82) is 0 Å². The highest BCUT2D eigenvalue weighted by molar-refractivity contribution is 6.42. The fraction of sp³-hybridized carbons (Fsp3) is 0.263. The van der Waals surface area contributed by atoms with Crippen LogP contribution in [0, 0.1) is 6.92 Å². The van der Waals surface area contributed by atoms with E-state index >= 15 is 0 Å². The molecule has 0 saturated carbocycles. The SMILES string of the molecule is Cc1cccc(CCC(=O)NCCNC(=O)c2ccc(Cl)c(Cl)c2)c1. The number of rotatable bonds is 7. The number of hydrogen-bond donors (Lipinski definition) is 2. The van der Waals surface area contributed by atoms with Gasteiger partial charge in [0.25, 0.3) is 5.91 Å². The van der Waals surface area contributed by atoms with Crippen LogP contribution in [0.2, 0.25) is 10.0 Å². The van der Waals surface area contributed by atoms with Crippen LogP contribution in [0.25, 0.3) is 0 Å². The van der Waals surface area contributed by atoms with E-state index < -0.39 is 0 Å².